The third kappa shape index (κ3) is 1.53. The fourth-order valence-electron chi connectivity index (χ4n) is 1.54. The second kappa shape index (κ2) is 3.40. The second-order valence-electron chi connectivity index (χ2n) is 3.36. The van der Waals surface area contributed by atoms with Gasteiger partial charge in [0.2, 0.25) is 0 Å². The molecule has 2 rings (SSSR count). The highest BCUT2D eigenvalue weighted by molar-refractivity contribution is 5.82. The maximum absolute atomic E-state index is 11.3. The van der Waals surface area contributed by atoms with Crippen molar-refractivity contribution in [3.05, 3.63) is 42.8 Å². The lowest BCUT2D eigenvalue weighted by molar-refractivity contribution is -0.422. The Labute approximate surface area is 92.6 Å². The van der Waals surface area contributed by atoms with Crippen LogP contribution in [-0.4, -0.2) is 19.4 Å². The van der Waals surface area contributed by atoms with Crippen LogP contribution in [0.1, 0.15) is 0 Å². The molecule has 0 aliphatic carbocycles. The van der Waals surface area contributed by atoms with E-state index in [1.54, 1.807) is 0 Å². The maximum atomic E-state index is 11.3. The first kappa shape index (κ1) is 10.8. The van der Waals surface area contributed by atoms with Crippen molar-refractivity contribution < 1.29 is 9.85 Å². The Kier molecular flexibility index (Phi) is 2.16. The van der Waals surface area contributed by atoms with Crippen LogP contribution in [0, 0.1) is 20.2 Å². The molecule has 0 bridgehead atoms. The van der Waals surface area contributed by atoms with E-state index >= 15 is 0 Å². The van der Waals surface area contributed by atoms with Gasteiger partial charge in [0.15, 0.2) is 0 Å². The normalized spacial score (nSPS) is 10.6. The zero-order chi connectivity index (χ0) is 12.7. The molecule has 0 radical (unpaired) electrons. The summed E-state index contributed by atoms with van der Waals surface area (Å²) in [5, 5.41) is 21.4. The monoisotopic (exact) mass is 238 g/mol. The molecule has 1 N–H and O–H groups in total. The Hall–Kier alpha value is -2.71. The summed E-state index contributed by atoms with van der Waals surface area (Å²) in [6.45, 7) is 0. The van der Waals surface area contributed by atoms with Crippen molar-refractivity contribution in [1.29, 1.82) is 0 Å². The molecule has 9 heteroatoms. The minimum Gasteiger partial charge on any atom is -0.305 e. The van der Waals surface area contributed by atoms with Gasteiger partial charge in [-0.3, -0.25) is 24.8 Å². The molecule has 17 heavy (non-hydrogen) atoms. The lowest BCUT2D eigenvalue weighted by Gasteiger charge is -1.96. The highest BCUT2D eigenvalue weighted by atomic mass is 16.6. The SMILES string of the molecule is Cn1c(=O)[nH]c2cc([N+](=O)[O-])c([N+](=O)[O-])cc21. The molecule has 0 unspecified atom stereocenters. The van der Waals surface area contributed by atoms with Gasteiger partial charge in [0.25, 0.3) is 0 Å². The van der Waals surface area contributed by atoms with Gasteiger partial charge in [0.1, 0.15) is 0 Å². The van der Waals surface area contributed by atoms with Crippen LogP contribution in [-0.2, 0) is 7.05 Å². The molecule has 0 spiro atoms. The highest BCUT2D eigenvalue weighted by Gasteiger charge is 2.26. The van der Waals surface area contributed by atoms with Crippen molar-refractivity contribution in [1.82, 2.24) is 9.55 Å². The lowest BCUT2D eigenvalue weighted by Crippen LogP contribution is -2.11. The minimum atomic E-state index is -0.858. The molecule has 0 saturated heterocycles. The van der Waals surface area contributed by atoms with Crippen molar-refractivity contribution in [2.45, 2.75) is 0 Å². The number of hydrogen-bond donors (Lipinski definition) is 1. The van der Waals surface area contributed by atoms with Crippen molar-refractivity contribution in [3.8, 4) is 0 Å². The number of aromatic nitrogens is 2. The summed E-state index contributed by atoms with van der Waals surface area (Å²) in [6.07, 6.45) is 0. The lowest BCUT2D eigenvalue weighted by atomic mass is 10.2. The summed E-state index contributed by atoms with van der Waals surface area (Å²) < 4.78 is 1.14. The van der Waals surface area contributed by atoms with Gasteiger partial charge in [-0.25, -0.2) is 4.79 Å². The number of aromatic amines is 1. The Balaban J connectivity index is 2.91. The van der Waals surface area contributed by atoms with E-state index in [1.807, 2.05) is 0 Å². The van der Waals surface area contributed by atoms with E-state index in [4.69, 9.17) is 0 Å². The van der Waals surface area contributed by atoms with Crippen LogP contribution in [0.15, 0.2) is 16.9 Å². The summed E-state index contributed by atoms with van der Waals surface area (Å²) in [5.74, 6) is 0. The molecule has 0 saturated carbocycles. The van der Waals surface area contributed by atoms with E-state index in [9.17, 15) is 25.0 Å². The Morgan fingerprint density at radius 2 is 1.71 bits per heavy atom. The van der Waals surface area contributed by atoms with Crippen LogP contribution in [0.3, 0.4) is 0 Å². The first-order valence-electron chi connectivity index (χ1n) is 4.43. The molecule has 2 aromatic rings. The number of hydrogen-bond acceptors (Lipinski definition) is 5. The predicted octanol–water partition coefficient (Wildman–Crippen LogP) is 0.683. The van der Waals surface area contributed by atoms with Crippen molar-refractivity contribution >= 4 is 22.4 Å². The number of H-pyrrole nitrogens is 1. The van der Waals surface area contributed by atoms with Crippen molar-refractivity contribution in [2.75, 3.05) is 0 Å². The molecule has 88 valence electrons. The molecular weight excluding hydrogens is 232 g/mol. The third-order valence-electron chi connectivity index (χ3n) is 2.39. The molecule has 0 atom stereocenters. The number of nitro benzene ring substituents is 2. The number of nitrogens with zero attached hydrogens (tertiary/aromatic N) is 3. The van der Waals surface area contributed by atoms with Gasteiger partial charge in [0.05, 0.1) is 20.9 Å². The van der Waals surface area contributed by atoms with E-state index in [0.29, 0.717) is 0 Å². The number of nitro groups is 2. The Morgan fingerprint density at radius 3 is 2.24 bits per heavy atom. The number of benzene rings is 1. The van der Waals surface area contributed by atoms with Gasteiger partial charge >= 0.3 is 17.1 Å². The van der Waals surface area contributed by atoms with E-state index in [1.165, 1.54) is 7.05 Å². The second-order valence-corrected chi connectivity index (χ2v) is 3.36. The number of nitrogens with one attached hydrogen (secondary N) is 1. The fraction of sp³-hybridized carbons (Fsp3) is 0.125. The third-order valence-corrected chi connectivity index (χ3v) is 2.39. The van der Waals surface area contributed by atoms with Crippen LogP contribution < -0.4 is 5.69 Å². The van der Waals surface area contributed by atoms with E-state index in [-0.39, 0.29) is 11.0 Å². The molecule has 1 heterocycles. The first-order valence-corrected chi connectivity index (χ1v) is 4.43. The number of aryl methyl sites for hydroxylation is 1. The topological polar surface area (TPSA) is 124 Å². The molecule has 0 amide bonds. The van der Waals surface area contributed by atoms with E-state index in [0.717, 1.165) is 16.7 Å². The van der Waals surface area contributed by atoms with Crippen LogP contribution in [0.4, 0.5) is 11.4 Å². The van der Waals surface area contributed by atoms with E-state index in [2.05, 4.69) is 4.98 Å². The number of fused-ring (bicyclic) bond motifs is 1. The van der Waals surface area contributed by atoms with Gasteiger partial charge in [-0.2, -0.15) is 0 Å². The van der Waals surface area contributed by atoms with Crippen LogP contribution in [0.25, 0.3) is 11.0 Å². The quantitative estimate of drug-likeness (QED) is 0.608. The largest absolute Gasteiger partial charge is 0.348 e. The van der Waals surface area contributed by atoms with Crippen LogP contribution in [0.5, 0.6) is 0 Å². The van der Waals surface area contributed by atoms with Crippen molar-refractivity contribution in [2.24, 2.45) is 7.05 Å². The van der Waals surface area contributed by atoms with Gasteiger partial charge in [-0.15, -0.1) is 0 Å². The van der Waals surface area contributed by atoms with Gasteiger partial charge < -0.3 is 4.98 Å². The first-order chi connectivity index (χ1) is 7.91. The van der Waals surface area contributed by atoms with E-state index < -0.39 is 26.9 Å². The zero-order valence-electron chi connectivity index (χ0n) is 8.54. The average Bonchev–Trinajstić information content (AvgIpc) is 2.53. The molecule has 1 aromatic carbocycles. The predicted molar refractivity (Wildman–Crippen MR) is 56.8 cm³/mol. The molecule has 1 aromatic heterocycles. The number of imidazole rings is 1. The van der Waals surface area contributed by atoms with Crippen LogP contribution >= 0.6 is 0 Å². The molecule has 0 aliphatic heterocycles. The Bertz CT molecular complexity index is 698. The average molecular weight is 238 g/mol. The minimum absolute atomic E-state index is 0.190. The summed E-state index contributed by atoms with van der Waals surface area (Å²) in [5.41, 5.74) is -1.35. The standard InChI is InChI=1S/C8H6N4O5/c1-10-5-3-7(12(16)17)6(11(14)15)2-4(5)9-8(10)13/h2-3H,1H3,(H,9,13). The highest BCUT2D eigenvalue weighted by Crippen LogP contribution is 2.30. The summed E-state index contributed by atoms with van der Waals surface area (Å²) in [7, 11) is 1.41. The maximum Gasteiger partial charge on any atom is 0.348 e. The summed E-state index contributed by atoms with van der Waals surface area (Å²) in [6, 6.07) is 1.99. The van der Waals surface area contributed by atoms with Gasteiger partial charge in [-0.1, -0.05) is 0 Å². The molecular formula is C8H6N4O5. The van der Waals surface area contributed by atoms with Crippen LogP contribution in [0.2, 0.25) is 0 Å². The smallest absolute Gasteiger partial charge is 0.305 e. The van der Waals surface area contributed by atoms with Gasteiger partial charge in [0, 0.05) is 19.2 Å². The number of rotatable bonds is 2. The molecule has 0 aliphatic rings. The summed E-state index contributed by atoms with van der Waals surface area (Å²) in [4.78, 5) is 33.3. The van der Waals surface area contributed by atoms with Gasteiger partial charge in [-0.05, 0) is 0 Å². The van der Waals surface area contributed by atoms with Crippen molar-refractivity contribution in [3.63, 3.8) is 0 Å². The Morgan fingerprint density at radius 1 is 1.18 bits per heavy atom. The summed E-state index contributed by atoms with van der Waals surface area (Å²) >= 11 is 0. The molecule has 9 nitrogen and oxygen atoms in total. The zero-order valence-corrected chi connectivity index (χ0v) is 8.54. The fourth-order valence-corrected chi connectivity index (χ4v) is 1.54. The molecule has 0 fully saturated rings.